The topological polar surface area (TPSA) is 74.7 Å². The summed E-state index contributed by atoms with van der Waals surface area (Å²) in [7, 11) is 3.48. The molecule has 26 heavy (non-hydrogen) atoms. The summed E-state index contributed by atoms with van der Waals surface area (Å²) in [5.74, 6) is 1.52. The Kier molecular flexibility index (Phi) is 6.11. The van der Waals surface area contributed by atoms with Gasteiger partial charge < -0.3 is 19.4 Å². The van der Waals surface area contributed by atoms with E-state index in [9.17, 15) is 4.79 Å². The molecule has 0 atom stereocenters. The smallest absolute Gasteiger partial charge is 0.322 e. The maximum Gasteiger partial charge on any atom is 0.322 e. The quantitative estimate of drug-likeness (QED) is 0.807. The van der Waals surface area contributed by atoms with Crippen LogP contribution in [0.5, 0.6) is 6.01 Å². The molecule has 1 amide bonds. The Labute approximate surface area is 155 Å². The van der Waals surface area contributed by atoms with Gasteiger partial charge in [-0.1, -0.05) is 12.8 Å². The summed E-state index contributed by atoms with van der Waals surface area (Å²) < 4.78 is 5.33. The number of amides is 1. The molecule has 3 rings (SSSR count). The minimum Gasteiger partial charge on any atom is -0.467 e. The third-order valence-corrected chi connectivity index (χ3v) is 5.45. The van der Waals surface area contributed by atoms with Crippen LogP contribution in [0.25, 0.3) is 0 Å². The highest BCUT2D eigenvalue weighted by Gasteiger charge is 2.26. The third-order valence-electron chi connectivity index (χ3n) is 5.45. The number of carbonyl (C=O) groups excluding carboxylic acids is 1. The van der Waals surface area contributed by atoms with Crippen molar-refractivity contribution in [1.29, 1.82) is 0 Å². The second kappa shape index (κ2) is 8.51. The maximum atomic E-state index is 11.6. The van der Waals surface area contributed by atoms with Gasteiger partial charge in [-0.3, -0.25) is 4.79 Å². The van der Waals surface area contributed by atoms with Crippen LogP contribution >= 0.6 is 0 Å². The van der Waals surface area contributed by atoms with Crippen LogP contribution in [0.4, 0.5) is 11.9 Å². The van der Waals surface area contributed by atoms with Gasteiger partial charge in [-0.05, 0) is 25.7 Å². The number of aromatic nitrogens is 3. The van der Waals surface area contributed by atoms with Crippen LogP contribution in [0.15, 0.2) is 0 Å². The van der Waals surface area contributed by atoms with E-state index >= 15 is 0 Å². The summed E-state index contributed by atoms with van der Waals surface area (Å²) in [6.45, 7) is 5.25. The average molecular weight is 362 g/mol. The normalized spacial score (nSPS) is 19.2. The number of hydrogen-bond donors (Lipinski definition) is 0. The number of piperidine rings is 1. The molecule has 8 heteroatoms. The molecule has 1 aromatic rings. The van der Waals surface area contributed by atoms with E-state index in [0.29, 0.717) is 12.0 Å². The van der Waals surface area contributed by atoms with Crippen molar-refractivity contribution in [3.63, 3.8) is 0 Å². The van der Waals surface area contributed by atoms with Crippen LogP contribution in [0, 0.1) is 0 Å². The molecule has 3 heterocycles. The van der Waals surface area contributed by atoms with E-state index in [1.54, 1.807) is 14.0 Å². The van der Waals surface area contributed by atoms with E-state index in [0.717, 1.165) is 45.0 Å². The molecule has 0 radical (unpaired) electrons. The van der Waals surface area contributed by atoms with E-state index in [1.807, 2.05) is 11.9 Å². The van der Waals surface area contributed by atoms with Crippen LogP contribution in [0.3, 0.4) is 0 Å². The lowest BCUT2D eigenvalue weighted by atomic mass is 10.0. The number of hydrogen-bond acceptors (Lipinski definition) is 7. The van der Waals surface area contributed by atoms with E-state index in [1.165, 1.54) is 25.7 Å². The van der Waals surface area contributed by atoms with Crippen LogP contribution in [-0.2, 0) is 4.79 Å². The number of carbonyl (C=O) groups is 1. The molecule has 0 aromatic carbocycles. The van der Waals surface area contributed by atoms with Crippen molar-refractivity contribution in [3.05, 3.63) is 0 Å². The minimum absolute atomic E-state index is 0.119. The summed E-state index contributed by atoms with van der Waals surface area (Å²) in [6.07, 6.45) is 6.72. The second-order valence-electron chi connectivity index (χ2n) is 7.17. The zero-order chi connectivity index (χ0) is 18.5. The lowest BCUT2D eigenvalue weighted by Gasteiger charge is -2.36. The standard InChI is InChI=1S/C18H30N6O2/c1-14(25)22(2)15-8-12-24(13-9-15)17-19-16(20-18(21-17)26-3)23-10-6-4-5-7-11-23/h15H,4-13H2,1-3H3. The largest absolute Gasteiger partial charge is 0.467 e. The molecule has 2 aliphatic rings. The van der Waals surface area contributed by atoms with Gasteiger partial charge in [0.1, 0.15) is 0 Å². The lowest BCUT2D eigenvalue weighted by molar-refractivity contribution is -0.129. The molecule has 0 spiro atoms. The molecule has 1 aromatic heterocycles. The van der Waals surface area contributed by atoms with E-state index in [-0.39, 0.29) is 11.9 Å². The molecule has 8 nitrogen and oxygen atoms in total. The van der Waals surface area contributed by atoms with Gasteiger partial charge >= 0.3 is 6.01 Å². The van der Waals surface area contributed by atoms with Crippen molar-refractivity contribution >= 4 is 17.8 Å². The fraction of sp³-hybridized carbons (Fsp3) is 0.778. The van der Waals surface area contributed by atoms with E-state index < -0.39 is 0 Å². The summed E-state index contributed by atoms with van der Waals surface area (Å²) in [6, 6.07) is 0.662. The summed E-state index contributed by atoms with van der Waals surface area (Å²) in [4.78, 5) is 31.5. The first-order chi connectivity index (χ1) is 12.6. The van der Waals surface area contributed by atoms with Gasteiger partial charge in [0.05, 0.1) is 7.11 Å². The molecular weight excluding hydrogens is 332 g/mol. The zero-order valence-electron chi connectivity index (χ0n) is 16.1. The Morgan fingerprint density at radius 2 is 1.50 bits per heavy atom. The van der Waals surface area contributed by atoms with Crippen molar-refractivity contribution in [2.45, 2.75) is 51.5 Å². The molecule has 2 aliphatic heterocycles. The van der Waals surface area contributed by atoms with Crippen LogP contribution in [0.1, 0.15) is 45.4 Å². The molecule has 2 fully saturated rings. The highest BCUT2D eigenvalue weighted by atomic mass is 16.5. The van der Waals surface area contributed by atoms with Gasteiger partial charge in [-0.15, -0.1) is 0 Å². The Morgan fingerprint density at radius 1 is 0.962 bits per heavy atom. The number of nitrogens with zero attached hydrogens (tertiary/aromatic N) is 6. The molecule has 2 saturated heterocycles. The Balaban J connectivity index is 1.73. The van der Waals surface area contributed by atoms with Crippen LogP contribution in [-0.4, -0.2) is 72.1 Å². The highest BCUT2D eigenvalue weighted by Crippen LogP contribution is 2.24. The molecule has 0 aliphatic carbocycles. The van der Waals surface area contributed by atoms with Gasteiger partial charge in [0.2, 0.25) is 17.8 Å². The molecule has 0 N–H and O–H groups in total. The number of methoxy groups -OCH3 is 1. The summed E-state index contributed by atoms with van der Waals surface area (Å²) in [5, 5.41) is 0. The van der Waals surface area contributed by atoms with Gasteiger partial charge in [0, 0.05) is 46.2 Å². The first-order valence-corrected chi connectivity index (χ1v) is 9.62. The molecule has 0 saturated carbocycles. The minimum atomic E-state index is 0.119. The number of ether oxygens (including phenoxy) is 1. The first-order valence-electron chi connectivity index (χ1n) is 9.62. The number of anilines is 2. The Hall–Kier alpha value is -2.12. The fourth-order valence-electron chi connectivity index (χ4n) is 3.69. The van der Waals surface area contributed by atoms with Crippen molar-refractivity contribution in [2.24, 2.45) is 0 Å². The van der Waals surface area contributed by atoms with Crippen molar-refractivity contribution < 1.29 is 9.53 Å². The van der Waals surface area contributed by atoms with Crippen LogP contribution in [0.2, 0.25) is 0 Å². The monoisotopic (exact) mass is 362 g/mol. The molecule has 0 unspecified atom stereocenters. The molecule has 144 valence electrons. The predicted molar refractivity (Wildman–Crippen MR) is 101 cm³/mol. The van der Waals surface area contributed by atoms with Gasteiger partial charge in [-0.25, -0.2) is 0 Å². The zero-order valence-corrected chi connectivity index (χ0v) is 16.1. The summed E-state index contributed by atoms with van der Waals surface area (Å²) >= 11 is 0. The van der Waals surface area contributed by atoms with E-state index in [2.05, 4.69) is 19.8 Å². The number of rotatable bonds is 4. The average Bonchev–Trinajstić information content (AvgIpc) is 2.96. The summed E-state index contributed by atoms with van der Waals surface area (Å²) in [5.41, 5.74) is 0. The van der Waals surface area contributed by atoms with E-state index in [4.69, 9.17) is 9.72 Å². The first kappa shape index (κ1) is 18.7. The van der Waals surface area contributed by atoms with Crippen LogP contribution < -0.4 is 14.5 Å². The van der Waals surface area contributed by atoms with Crippen molar-refractivity contribution in [1.82, 2.24) is 19.9 Å². The lowest BCUT2D eigenvalue weighted by Crippen LogP contribution is -2.45. The fourth-order valence-corrected chi connectivity index (χ4v) is 3.69. The van der Waals surface area contributed by atoms with Gasteiger partial charge in [0.15, 0.2) is 0 Å². The Morgan fingerprint density at radius 3 is 2.00 bits per heavy atom. The van der Waals surface area contributed by atoms with Gasteiger partial charge in [0.25, 0.3) is 0 Å². The van der Waals surface area contributed by atoms with Gasteiger partial charge in [-0.2, -0.15) is 15.0 Å². The SMILES string of the molecule is COc1nc(N2CCCCCC2)nc(N2CCC(N(C)C(C)=O)CC2)n1. The van der Waals surface area contributed by atoms with Crippen molar-refractivity contribution in [3.8, 4) is 6.01 Å². The predicted octanol–water partition coefficient (Wildman–Crippen LogP) is 1.71. The maximum absolute atomic E-state index is 11.6. The molecule has 0 bridgehead atoms. The van der Waals surface area contributed by atoms with Crippen molar-refractivity contribution in [2.75, 3.05) is 50.1 Å². The molecular formula is C18H30N6O2. The second-order valence-corrected chi connectivity index (χ2v) is 7.17. The highest BCUT2D eigenvalue weighted by molar-refractivity contribution is 5.73. The Bertz CT molecular complexity index is 610. The third kappa shape index (κ3) is 4.34.